The van der Waals surface area contributed by atoms with Crippen molar-refractivity contribution in [3.05, 3.63) is 64.7 Å². The predicted molar refractivity (Wildman–Crippen MR) is 109 cm³/mol. The molecule has 29 heavy (non-hydrogen) atoms. The molecule has 0 saturated carbocycles. The van der Waals surface area contributed by atoms with Crippen LogP contribution in [-0.4, -0.2) is 38.9 Å². The van der Waals surface area contributed by atoms with E-state index in [1.807, 2.05) is 25.1 Å². The van der Waals surface area contributed by atoms with Gasteiger partial charge in [0, 0.05) is 38.2 Å². The highest BCUT2D eigenvalue weighted by Crippen LogP contribution is 2.23. The number of aliphatic imine (C=N–C) groups is 1. The lowest BCUT2D eigenvalue weighted by Gasteiger charge is -2.18. The van der Waals surface area contributed by atoms with Crippen LogP contribution in [0.2, 0.25) is 0 Å². The molecule has 0 aromatic heterocycles. The summed E-state index contributed by atoms with van der Waals surface area (Å²) in [6, 6.07) is 9.66. The molecule has 1 heterocycles. The smallest absolute Gasteiger partial charge is 0.191 e. The molecule has 2 N–H and O–H groups in total. The molecule has 2 aromatic rings. The molecular weight excluding hydrogens is 376 g/mol. The largest absolute Gasteiger partial charge is 0.488 e. The molecule has 2 aromatic carbocycles. The lowest BCUT2D eigenvalue weighted by molar-refractivity contribution is 0.140. The molecule has 1 unspecified atom stereocenters. The number of rotatable bonds is 7. The first kappa shape index (κ1) is 21.0. The number of nitrogens with one attached hydrogen (secondary N) is 2. The number of benzene rings is 2. The van der Waals surface area contributed by atoms with Crippen molar-refractivity contribution in [2.75, 3.05) is 26.8 Å². The van der Waals surface area contributed by atoms with Crippen LogP contribution in [0.3, 0.4) is 0 Å². The highest BCUT2D eigenvalue weighted by atomic mass is 19.1. The average Bonchev–Trinajstić information content (AvgIpc) is 3.18. The highest BCUT2D eigenvalue weighted by molar-refractivity contribution is 5.79. The van der Waals surface area contributed by atoms with Crippen LogP contribution in [0.25, 0.3) is 0 Å². The SMILES string of the molecule is CN=C(NCCc1cc(F)cc(F)c1)NCc1ccc(C)cc1OC1CCOC1. The van der Waals surface area contributed by atoms with Gasteiger partial charge in [-0.05, 0) is 42.7 Å². The first-order valence-electron chi connectivity index (χ1n) is 9.77. The third kappa shape index (κ3) is 6.42. The summed E-state index contributed by atoms with van der Waals surface area (Å²) in [5.41, 5.74) is 2.75. The first-order valence-corrected chi connectivity index (χ1v) is 9.77. The van der Waals surface area contributed by atoms with Gasteiger partial charge in [0.05, 0.1) is 13.2 Å². The third-order valence-corrected chi connectivity index (χ3v) is 4.70. The number of halogens is 2. The van der Waals surface area contributed by atoms with Crippen LogP contribution in [0.5, 0.6) is 5.75 Å². The molecule has 5 nitrogen and oxygen atoms in total. The van der Waals surface area contributed by atoms with Crippen molar-refractivity contribution in [2.24, 2.45) is 4.99 Å². The monoisotopic (exact) mass is 403 g/mol. The summed E-state index contributed by atoms with van der Waals surface area (Å²) >= 11 is 0. The number of ether oxygens (including phenoxy) is 2. The van der Waals surface area contributed by atoms with E-state index in [1.165, 1.54) is 12.1 Å². The molecule has 0 radical (unpaired) electrons. The van der Waals surface area contributed by atoms with Gasteiger partial charge in [-0.25, -0.2) is 8.78 Å². The molecule has 1 aliphatic heterocycles. The van der Waals surface area contributed by atoms with Gasteiger partial charge in [-0.1, -0.05) is 12.1 Å². The fourth-order valence-electron chi connectivity index (χ4n) is 3.18. The average molecular weight is 403 g/mol. The van der Waals surface area contributed by atoms with E-state index in [1.54, 1.807) is 7.05 Å². The summed E-state index contributed by atoms with van der Waals surface area (Å²) in [6.45, 7) is 4.42. The molecule has 0 amide bonds. The van der Waals surface area contributed by atoms with Gasteiger partial charge in [-0.3, -0.25) is 4.99 Å². The Hall–Kier alpha value is -2.67. The Labute approximate surface area is 170 Å². The summed E-state index contributed by atoms with van der Waals surface area (Å²) in [7, 11) is 1.68. The van der Waals surface area contributed by atoms with Gasteiger partial charge in [0.2, 0.25) is 0 Å². The fraction of sp³-hybridized carbons (Fsp3) is 0.409. The van der Waals surface area contributed by atoms with Crippen LogP contribution in [0.15, 0.2) is 41.4 Å². The van der Waals surface area contributed by atoms with Crippen molar-refractivity contribution in [3.63, 3.8) is 0 Å². The minimum absolute atomic E-state index is 0.0830. The van der Waals surface area contributed by atoms with Crippen LogP contribution >= 0.6 is 0 Å². The quantitative estimate of drug-likeness (QED) is 0.550. The van der Waals surface area contributed by atoms with Gasteiger partial charge < -0.3 is 20.1 Å². The Kier molecular flexibility index (Phi) is 7.41. The van der Waals surface area contributed by atoms with Crippen LogP contribution in [0, 0.1) is 18.6 Å². The molecule has 1 saturated heterocycles. The van der Waals surface area contributed by atoms with Crippen molar-refractivity contribution in [1.29, 1.82) is 0 Å². The summed E-state index contributed by atoms with van der Waals surface area (Å²) in [4.78, 5) is 4.21. The topological polar surface area (TPSA) is 54.9 Å². The maximum Gasteiger partial charge on any atom is 0.191 e. The minimum Gasteiger partial charge on any atom is -0.488 e. The van der Waals surface area contributed by atoms with Crippen molar-refractivity contribution in [1.82, 2.24) is 10.6 Å². The standard InChI is InChI=1S/C22H27F2N3O2/c1-15-3-4-17(21(9-15)29-20-6-8-28-14-20)13-27-22(25-2)26-7-5-16-10-18(23)12-19(24)11-16/h3-4,9-12,20H,5-8,13-14H2,1-2H3,(H2,25,26,27). The summed E-state index contributed by atoms with van der Waals surface area (Å²) < 4.78 is 38.1. The Balaban J connectivity index is 1.53. The van der Waals surface area contributed by atoms with E-state index >= 15 is 0 Å². The Morgan fingerprint density at radius 1 is 1.17 bits per heavy atom. The number of guanidine groups is 1. The molecular formula is C22H27F2N3O2. The molecule has 1 fully saturated rings. The molecule has 0 aliphatic carbocycles. The highest BCUT2D eigenvalue weighted by Gasteiger charge is 2.18. The van der Waals surface area contributed by atoms with Crippen molar-refractivity contribution in [3.8, 4) is 5.75 Å². The Bertz CT molecular complexity index is 832. The first-order chi connectivity index (χ1) is 14.0. The van der Waals surface area contributed by atoms with Crippen LogP contribution in [0.4, 0.5) is 8.78 Å². The second-order valence-electron chi connectivity index (χ2n) is 7.09. The second kappa shape index (κ2) is 10.2. The summed E-state index contributed by atoms with van der Waals surface area (Å²) in [5.74, 6) is 0.320. The van der Waals surface area contributed by atoms with Crippen LogP contribution < -0.4 is 15.4 Å². The van der Waals surface area contributed by atoms with Crippen LogP contribution in [0.1, 0.15) is 23.1 Å². The maximum atomic E-state index is 13.3. The van der Waals surface area contributed by atoms with E-state index in [0.717, 1.165) is 36.0 Å². The zero-order chi connectivity index (χ0) is 20.6. The van der Waals surface area contributed by atoms with Crippen molar-refractivity contribution in [2.45, 2.75) is 32.4 Å². The molecule has 0 spiro atoms. The molecule has 1 aliphatic rings. The minimum atomic E-state index is -0.568. The third-order valence-electron chi connectivity index (χ3n) is 4.70. The van der Waals surface area contributed by atoms with E-state index in [9.17, 15) is 8.78 Å². The van der Waals surface area contributed by atoms with E-state index in [4.69, 9.17) is 9.47 Å². The molecule has 1 atom stereocenters. The molecule has 3 rings (SSSR count). The van der Waals surface area contributed by atoms with E-state index < -0.39 is 11.6 Å². The number of nitrogens with zero attached hydrogens (tertiary/aromatic N) is 1. The molecule has 0 bridgehead atoms. The normalized spacial score (nSPS) is 16.7. The van der Waals surface area contributed by atoms with E-state index in [2.05, 4.69) is 15.6 Å². The molecule has 156 valence electrons. The number of aryl methyl sites for hydroxylation is 1. The van der Waals surface area contributed by atoms with Gasteiger partial charge in [-0.15, -0.1) is 0 Å². The maximum absolute atomic E-state index is 13.3. The van der Waals surface area contributed by atoms with E-state index in [0.29, 0.717) is 37.6 Å². The summed E-state index contributed by atoms with van der Waals surface area (Å²) in [5, 5.41) is 6.42. The van der Waals surface area contributed by atoms with Gasteiger partial charge in [0.15, 0.2) is 5.96 Å². The second-order valence-corrected chi connectivity index (χ2v) is 7.09. The summed E-state index contributed by atoms with van der Waals surface area (Å²) in [6.07, 6.45) is 1.46. The van der Waals surface area contributed by atoms with Crippen LogP contribution in [-0.2, 0) is 17.7 Å². The van der Waals surface area contributed by atoms with E-state index in [-0.39, 0.29) is 6.10 Å². The van der Waals surface area contributed by atoms with Gasteiger partial charge >= 0.3 is 0 Å². The van der Waals surface area contributed by atoms with Crippen molar-refractivity contribution >= 4 is 5.96 Å². The fourth-order valence-corrected chi connectivity index (χ4v) is 3.18. The van der Waals surface area contributed by atoms with Gasteiger partial charge in [0.1, 0.15) is 23.5 Å². The van der Waals surface area contributed by atoms with Crippen molar-refractivity contribution < 1.29 is 18.3 Å². The lowest BCUT2D eigenvalue weighted by atomic mass is 10.1. The number of hydrogen-bond acceptors (Lipinski definition) is 3. The number of hydrogen-bond donors (Lipinski definition) is 2. The Morgan fingerprint density at radius 3 is 2.66 bits per heavy atom. The zero-order valence-electron chi connectivity index (χ0n) is 16.8. The molecule has 7 heteroatoms. The lowest BCUT2D eigenvalue weighted by Crippen LogP contribution is -2.38. The zero-order valence-corrected chi connectivity index (χ0v) is 16.8. The van der Waals surface area contributed by atoms with Gasteiger partial charge in [0.25, 0.3) is 0 Å². The Morgan fingerprint density at radius 2 is 1.97 bits per heavy atom. The predicted octanol–water partition coefficient (Wildman–Crippen LogP) is 3.35. The van der Waals surface area contributed by atoms with Gasteiger partial charge in [-0.2, -0.15) is 0 Å².